The normalized spacial score (nSPS) is 32.7. The first-order valence-corrected chi connectivity index (χ1v) is 10.0. The number of rotatable bonds is 0. The third-order valence-electron chi connectivity index (χ3n) is 4.80. The maximum atomic E-state index is 12.1. The van der Waals surface area contributed by atoms with E-state index in [-0.39, 0.29) is 29.8 Å². The van der Waals surface area contributed by atoms with Crippen molar-refractivity contribution >= 4 is 33.2 Å². The van der Waals surface area contributed by atoms with Crippen molar-refractivity contribution in [3.8, 4) is 0 Å². The van der Waals surface area contributed by atoms with E-state index in [2.05, 4.69) is 15.0 Å². The fourth-order valence-corrected chi connectivity index (χ4v) is 4.07. The summed E-state index contributed by atoms with van der Waals surface area (Å²) in [6.45, 7) is -0.647. The molecule has 5 atom stereocenters. The third-order valence-corrected chi connectivity index (χ3v) is 5.70. The number of aryl methyl sites for hydroxylation is 1. The van der Waals surface area contributed by atoms with Crippen LogP contribution >= 0.6 is 0 Å². The smallest absolute Gasteiger partial charge is 0.362 e. The van der Waals surface area contributed by atoms with Crippen molar-refractivity contribution in [2.24, 2.45) is 5.73 Å². The number of nitrogens with two attached hydrogens (primary N) is 2. The first-order chi connectivity index (χ1) is 13.7. The number of anilines is 1. The van der Waals surface area contributed by atoms with Crippen LogP contribution in [0.25, 0.3) is 11.2 Å². The number of fused-ring (bicyclic) bond motifs is 6. The predicted octanol–water partition coefficient (Wildman–Crippen LogP) is -3.32. The second kappa shape index (κ2) is 7.12. The van der Waals surface area contributed by atoms with Gasteiger partial charge in [0.1, 0.15) is 30.5 Å². The Balaban J connectivity index is 1.82. The lowest BCUT2D eigenvalue weighted by Gasteiger charge is -2.19. The first-order valence-electron chi connectivity index (χ1n) is 8.63. The van der Waals surface area contributed by atoms with E-state index in [9.17, 15) is 23.4 Å². The number of nitrogen functional groups attached to an aromatic ring is 1. The summed E-state index contributed by atoms with van der Waals surface area (Å²) in [5, 5.41) is 20.8. The third kappa shape index (κ3) is 3.52. The SMILES string of the molecule is Nc1ncnc2c1nc1n2[C@@H]2O[C@H](COS(=O)(=O)NC(=O)[C@H](N)CC1)[C@@H](O)[C@H]2O. The molecule has 1 saturated heterocycles. The highest BCUT2D eigenvalue weighted by molar-refractivity contribution is 7.85. The van der Waals surface area contributed by atoms with Crippen molar-refractivity contribution in [1.82, 2.24) is 24.2 Å². The molecule has 4 rings (SSSR count). The second-order valence-corrected chi connectivity index (χ2v) is 8.07. The number of hydrogen-bond donors (Lipinski definition) is 5. The van der Waals surface area contributed by atoms with E-state index in [1.165, 1.54) is 10.9 Å². The Morgan fingerprint density at radius 1 is 1.28 bits per heavy atom. The number of nitrogens with zero attached hydrogens (tertiary/aromatic N) is 4. The minimum absolute atomic E-state index is 0.00675. The number of aromatic nitrogens is 4. The summed E-state index contributed by atoms with van der Waals surface area (Å²) in [6.07, 6.45) is -3.97. The molecule has 0 saturated carbocycles. The summed E-state index contributed by atoms with van der Waals surface area (Å²) in [5.74, 6) is -0.551. The molecule has 158 valence electrons. The van der Waals surface area contributed by atoms with Crippen LogP contribution in [0.4, 0.5) is 5.82 Å². The highest BCUT2D eigenvalue weighted by atomic mass is 32.2. The monoisotopic (exact) mass is 429 g/mol. The van der Waals surface area contributed by atoms with E-state index >= 15 is 0 Å². The topological polar surface area (TPSA) is 218 Å². The van der Waals surface area contributed by atoms with Crippen LogP contribution in [-0.2, 0) is 30.4 Å². The van der Waals surface area contributed by atoms with Gasteiger partial charge in [-0.1, -0.05) is 0 Å². The van der Waals surface area contributed by atoms with Gasteiger partial charge < -0.3 is 26.4 Å². The molecule has 2 aliphatic rings. The van der Waals surface area contributed by atoms with Gasteiger partial charge in [-0.25, -0.2) is 19.7 Å². The Kier molecular flexibility index (Phi) is 4.88. The first kappa shape index (κ1) is 19.9. The molecule has 7 N–H and O–H groups in total. The van der Waals surface area contributed by atoms with Gasteiger partial charge in [0.25, 0.3) is 5.91 Å². The molecule has 0 radical (unpaired) electrons. The quantitative estimate of drug-likeness (QED) is 0.278. The Bertz CT molecular complexity index is 1060. The van der Waals surface area contributed by atoms with Crippen molar-refractivity contribution in [2.75, 3.05) is 12.3 Å². The maximum absolute atomic E-state index is 12.1. The Morgan fingerprint density at radius 3 is 2.79 bits per heavy atom. The Morgan fingerprint density at radius 2 is 2.03 bits per heavy atom. The molecule has 15 heteroatoms. The van der Waals surface area contributed by atoms with E-state index < -0.39 is 53.4 Å². The van der Waals surface area contributed by atoms with Gasteiger partial charge >= 0.3 is 10.3 Å². The zero-order chi connectivity index (χ0) is 20.9. The molecule has 0 unspecified atom stereocenters. The van der Waals surface area contributed by atoms with E-state index in [0.29, 0.717) is 5.82 Å². The van der Waals surface area contributed by atoms with E-state index in [1.54, 1.807) is 4.72 Å². The summed E-state index contributed by atoms with van der Waals surface area (Å²) >= 11 is 0. The molecular formula is C14H19N7O7S. The van der Waals surface area contributed by atoms with Gasteiger partial charge in [0.05, 0.1) is 12.6 Å². The average Bonchev–Trinajstić information content (AvgIpc) is 3.16. The van der Waals surface area contributed by atoms with Crippen LogP contribution in [0.15, 0.2) is 6.33 Å². The fourth-order valence-electron chi connectivity index (χ4n) is 3.30. The van der Waals surface area contributed by atoms with Gasteiger partial charge in [-0.2, -0.15) is 8.42 Å². The molecular weight excluding hydrogens is 410 g/mol. The largest absolute Gasteiger partial charge is 0.387 e. The molecule has 0 aromatic carbocycles. The number of nitrogens with one attached hydrogen (secondary N) is 1. The fraction of sp³-hybridized carbons (Fsp3) is 0.571. The van der Waals surface area contributed by atoms with Crippen LogP contribution in [0, 0.1) is 0 Å². The summed E-state index contributed by atoms with van der Waals surface area (Å²) < 4.78 is 37.3. The van der Waals surface area contributed by atoms with E-state index in [0.717, 1.165) is 0 Å². The minimum atomic E-state index is -4.48. The molecule has 2 aliphatic heterocycles. The molecule has 1 amide bonds. The summed E-state index contributed by atoms with van der Waals surface area (Å²) in [5.41, 5.74) is 12.1. The molecule has 0 spiro atoms. The number of carbonyl (C=O) groups excluding carboxylic acids is 1. The van der Waals surface area contributed by atoms with Gasteiger partial charge in [0.2, 0.25) is 0 Å². The lowest BCUT2D eigenvalue weighted by atomic mass is 10.1. The molecule has 2 aromatic heterocycles. The number of amides is 1. The number of carbonyl (C=O) groups is 1. The van der Waals surface area contributed by atoms with Crippen molar-refractivity contribution < 1.29 is 32.3 Å². The van der Waals surface area contributed by atoms with Crippen molar-refractivity contribution in [3.05, 3.63) is 12.2 Å². The van der Waals surface area contributed by atoms with Crippen LogP contribution < -0.4 is 16.2 Å². The van der Waals surface area contributed by atoms with E-state index in [4.69, 9.17) is 20.4 Å². The highest BCUT2D eigenvalue weighted by Gasteiger charge is 2.46. The van der Waals surface area contributed by atoms with Crippen LogP contribution in [0.3, 0.4) is 0 Å². The van der Waals surface area contributed by atoms with Crippen LogP contribution in [0.1, 0.15) is 18.5 Å². The molecule has 29 heavy (non-hydrogen) atoms. The summed E-state index contributed by atoms with van der Waals surface area (Å²) in [6, 6.07) is -1.18. The minimum Gasteiger partial charge on any atom is -0.387 e. The molecule has 2 aromatic rings. The van der Waals surface area contributed by atoms with Crippen molar-refractivity contribution in [2.45, 2.75) is 43.4 Å². The van der Waals surface area contributed by atoms with Crippen LogP contribution in [0.2, 0.25) is 0 Å². The molecule has 4 heterocycles. The van der Waals surface area contributed by atoms with E-state index in [1.807, 2.05) is 0 Å². The van der Waals surface area contributed by atoms with Gasteiger partial charge in [0, 0.05) is 6.42 Å². The number of aliphatic hydroxyl groups excluding tert-OH is 2. The number of hydrogen-bond acceptors (Lipinski definition) is 12. The second-order valence-electron chi connectivity index (χ2n) is 6.73. The maximum Gasteiger partial charge on any atom is 0.362 e. The molecule has 14 nitrogen and oxygen atoms in total. The number of imidazole rings is 1. The van der Waals surface area contributed by atoms with Crippen LogP contribution in [0.5, 0.6) is 0 Å². The lowest BCUT2D eigenvalue weighted by Crippen LogP contribution is -2.45. The Labute approximate surface area is 164 Å². The number of ether oxygens (including phenoxy) is 1. The summed E-state index contributed by atoms with van der Waals surface area (Å²) in [7, 11) is -4.48. The molecule has 1 fully saturated rings. The van der Waals surface area contributed by atoms with Crippen molar-refractivity contribution in [1.29, 1.82) is 0 Å². The Hall–Kier alpha value is -2.43. The predicted molar refractivity (Wildman–Crippen MR) is 95.0 cm³/mol. The molecule has 0 aliphatic carbocycles. The van der Waals surface area contributed by atoms with Crippen LogP contribution in [-0.4, -0.2) is 75.0 Å². The standard InChI is InChI=1S/C14H19N7O7S/c15-5-1-2-7-19-8-11(16)17-4-18-12(8)21(7)14-10(23)9(22)6(28-14)3-27-29(25,26)20-13(5)24/h4-6,9-10,14,22-23H,1-3,15H2,(H,20,24)(H2,16,17,18)/t5-,6-,9-,10-,14-/m1/s1. The van der Waals surface area contributed by atoms with Crippen molar-refractivity contribution in [3.63, 3.8) is 0 Å². The highest BCUT2D eigenvalue weighted by Crippen LogP contribution is 2.34. The lowest BCUT2D eigenvalue weighted by molar-refractivity contribution is -0.120. The van der Waals surface area contributed by atoms with Gasteiger partial charge in [-0.15, -0.1) is 0 Å². The average molecular weight is 429 g/mol. The zero-order valence-corrected chi connectivity index (χ0v) is 15.7. The number of aliphatic hydroxyl groups is 2. The summed E-state index contributed by atoms with van der Waals surface area (Å²) in [4.78, 5) is 24.4. The van der Waals surface area contributed by atoms with Gasteiger partial charge in [-0.05, 0) is 6.42 Å². The zero-order valence-electron chi connectivity index (χ0n) is 14.9. The van der Waals surface area contributed by atoms with Gasteiger partial charge in [-0.3, -0.25) is 13.5 Å². The molecule has 2 bridgehead atoms. The van der Waals surface area contributed by atoms with Gasteiger partial charge in [0.15, 0.2) is 23.2 Å².